The van der Waals surface area contributed by atoms with E-state index < -0.39 is 0 Å². The fourth-order valence-corrected chi connectivity index (χ4v) is 4.39. The Hall–Kier alpha value is -4.92. The lowest BCUT2D eigenvalue weighted by molar-refractivity contribution is 1.49. The van der Waals surface area contributed by atoms with E-state index in [1.807, 2.05) is 97.1 Å². The van der Waals surface area contributed by atoms with Gasteiger partial charge in [0, 0.05) is 0 Å². The minimum Gasteiger partial charge on any atom is -0.238 e. The lowest BCUT2D eigenvalue weighted by Gasteiger charge is -2.11. The highest BCUT2D eigenvalue weighted by Gasteiger charge is 2.31. The van der Waals surface area contributed by atoms with E-state index in [1.165, 1.54) is 0 Å². The predicted octanol–water partition coefficient (Wildman–Crippen LogP) is 6.34. The lowest BCUT2D eigenvalue weighted by Crippen LogP contribution is -2.12. The van der Waals surface area contributed by atoms with Gasteiger partial charge in [-0.15, -0.1) is 0 Å². The third kappa shape index (κ3) is 3.75. The average Bonchev–Trinajstić information content (AvgIpc) is 3.02. The second kappa shape index (κ2) is 9.29. The van der Waals surface area contributed by atoms with Crippen molar-refractivity contribution >= 4 is 22.3 Å². The Morgan fingerprint density at radius 1 is 0.441 bits per heavy atom. The highest BCUT2D eigenvalue weighted by Crippen LogP contribution is 2.48. The Balaban J connectivity index is 1.83. The van der Waals surface area contributed by atoms with Crippen LogP contribution in [-0.2, 0) is 0 Å². The number of hydrogen-bond donors (Lipinski definition) is 0. The molecule has 2 heteroatoms. The van der Waals surface area contributed by atoms with Gasteiger partial charge in [0.1, 0.15) is 0 Å². The maximum Gasteiger partial charge on any atom is 0.191 e. The summed E-state index contributed by atoms with van der Waals surface area (Å²) >= 11 is 0. The van der Waals surface area contributed by atoms with Crippen LogP contribution in [0.5, 0.6) is 0 Å². The van der Waals surface area contributed by atoms with Crippen LogP contribution in [-0.4, -0.2) is 0 Å². The van der Waals surface area contributed by atoms with Gasteiger partial charge in [-0.1, -0.05) is 121 Å². The molecule has 0 radical (unpaired) electrons. The Kier molecular flexibility index (Phi) is 5.73. The lowest BCUT2D eigenvalue weighted by atomic mass is 9.94. The van der Waals surface area contributed by atoms with Gasteiger partial charge in [0.25, 0.3) is 0 Å². The van der Waals surface area contributed by atoms with Gasteiger partial charge < -0.3 is 0 Å². The van der Waals surface area contributed by atoms with Crippen LogP contribution in [0.1, 0.15) is 11.1 Å². The quantitative estimate of drug-likeness (QED) is 0.418. The van der Waals surface area contributed by atoms with E-state index in [0.29, 0.717) is 17.0 Å². The molecule has 2 nitrogen and oxygen atoms in total. The highest BCUT2D eigenvalue weighted by atomic mass is 14.8. The highest BCUT2D eigenvalue weighted by molar-refractivity contribution is 6.21. The van der Waals surface area contributed by atoms with Crippen LogP contribution in [0.3, 0.4) is 0 Å². The normalized spacial score (nSPS) is 14.9. The summed E-state index contributed by atoms with van der Waals surface area (Å²) in [6.07, 6.45) is 12.2. The van der Waals surface area contributed by atoms with Crippen LogP contribution < -0.4 is 10.4 Å². The summed E-state index contributed by atoms with van der Waals surface area (Å²) in [6.45, 7) is 16.2. The van der Waals surface area contributed by atoms with Crippen LogP contribution in [0.25, 0.3) is 32.0 Å². The standard InChI is InChI=1S/C32H20N2/c1-33-31-28(25-15-9-5-10-16-25)29(26-17-11-6-12-18-26)32(34-2)30(31)27-21-19-24(20-22-27)23-13-7-3-4-8-14-23/h3-22H. The Morgan fingerprint density at radius 3 is 1.32 bits per heavy atom. The third-order valence-corrected chi connectivity index (χ3v) is 5.94. The molecule has 3 aromatic rings. The first-order valence-corrected chi connectivity index (χ1v) is 11.0. The molecule has 0 amide bonds. The summed E-state index contributed by atoms with van der Waals surface area (Å²) in [6, 6.07) is 28.0. The van der Waals surface area contributed by atoms with Crippen molar-refractivity contribution in [1.82, 2.24) is 0 Å². The SMILES string of the molecule is [C-]#[N+]C1=C(c2ccccc2)C(c2ccccc2)=C([N+]#[C-])C1=c1ccc(=C2C=CC=CC=C2)cc1. The zero-order chi connectivity index (χ0) is 23.3. The van der Waals surface area contributed by atoms with E-state index in [2.05, 4.69) is 34.0 Å². The first kappa shape index (κ1) is 21.0. The molecule has 0 saturated carbocycles. The molecule has 0 atom stereocenters. The summed E-state index contributed by atoms with van der Waals surface area (Å²) in [4.78, 5) is 7.95. The molecule has 2 aliphatic rings. The van der Waals surface area contributed by atoms with Gasteiger partial charge in [-0.05, 0) is 43.9 Å². The molecule has 0 N–H and O–H groups in total. The van der Waals surface area contributed by atoms with Crippen LogP contribution in [0.15, 0.2) is 133 Å². The Labute approximate surface area is 199 Å². The van der Waals surface area contributed by atoms with E-state index in [1.54, 1.807) is 0 Å². The predicted molar refractivity (Wildman–Crippen MR) is 140 cm³/mol. The molecule has 3 aromatic carbocycles. The molecule has 2 aliphatic carbocycles. The van der Waals surface area contributed by atoms with Crippen LogP contribution in [0.4, 0.5) is 0 Å². The molecule has 5 rings (SSSR count). The minimum atomic E-state index is 0.523. The molecule has 0 fully saturated rings. The number of allylic oxidation sites excluding steroid dienone is 8. The Morgan fingerprint density at radius 2 is 0.882 bits per heavy atom. The smallest absolute Gasteiger partial charge is 0.191 e. The van der Waals surface area contributed by atoms with Gasteiger partial charge in [-0.3, -0.25) is 0 Å². The molecule has 0 unspecified atom stereocenters. The minimum absolute atomic E-state index is 0.523. The van der Waals surface area contributed by atoms with Gasteiger partial charge >= 0.3 is 0 Å². The van der Waals surface area contributed by atoms with Crippen LogP contribution in [0.2, 0.25) is 0 Å². The van der Waals surface area contributed by atoms with Crippen molar-refractivity contribution in [2.24, 2.45) is 0 Å². The van der Waals surface area contributed by atoms with Crippen molar-refractivity contribution in [3.8, 4) is 0 Å². The monoisotopic (exact) mass is 432 g/mol. The summed E-state index contributed by atoms with van der Waals surface area (Å²) in [7, 11) is 0. The summed E-state index contributed by atoms with van der Waals surface area (Å²) in [5, 5.41) is 1.97. The largest absolute Gasteiger partial charge is 0.238 e. The molecule has 0 heterocycles. The first-order chi connectivity index (χ1) is 16.8. The van der Waals surface area contributed by atoms with E-state index in [4.69, 9.17) is 13.1 Å². The zero-order valence-electron chi connectivity index (χ0n) is 18.4. The average molecular weight is 433 g/mol. The fraction of sp³-hybridized carbons (Fsp3) is 0. The number of hydrogen-bond acceptors (Lipinski definition) is 0. The second-order valence-electron chi connectivity index (χ2n) is 7.91. The van der Waals surface area contributed by atoms with E-state index in [9.17, 15) is 0 Å². The molecule has 158 valence electrons. The van der Waals surface area contributed by atoms with Gasteiger partial charge in [-0.2, -0.15) is 0 Å². The van der Waals surface area contributed by atoms with Crippen LogP contribution >= 0.6 is 0 Å². The Bertz CT molecular complexity index is 1510. The number of nitrogens with zero attached hydrogens (tertiary/aromatic N) is 2. The van der Waals surface area contributed by atoms with Crippen molar-refractivity contribution in [1.29, 1.82) is 0 Å². The topological polar surface area (TPSA) is 8.72 Å². The number of rotatable bonds is 2. The molecule has 0 aromatic heterocycles. The van der Waals surface area contributed by atoms with E-state index in [-0.39, 0.29) is 0 Å². The molecule has 0 aliphatic heterocycles. The molecule has 0 bridgehead atoms. The summed E-state index contributed by atoms with van der Waals surface area (Å²) < 4.78 is 0. The molecule has 0 spiro atoms. The van der Waals surface area contributed by atoms with Gasteiger partial charge in [0.05, 0.1) is 13.1 Å². The third-order valence-electron chi connectivity index (χ3n) is 5.94. The van der Waals surface area contributed by atoms with Gasteiger partial charge in [0.15, 0.2) is 11.4 Å². The van der Waals surface area contributed by atoms with Gasteiger partial charge in [-0.25, -0.2) is 9.69 Å². The maximum atomic E-state index is 8.09. The maximum absolute atomic E-state index is 8.09. The number of benzene rings is 3. The first-order valence-electron chi connectivity index (χ1n) is 11.0. The summed E-state index contributed by atoms with van der Waals surface area (Å²) in [5.74, 6) is 0. The molecule has 34 heavy (non-hydrogen) atoms. The second-order valence-corrected chi connectivity index (χ2v) is 7.91. The van der Waals surface area contributed by atoms with Gasteiger partial charge in [0.2, 0.25) is 0 Å². The molecule has 0 saturated heterocycles. The van der Waals surface area contributed by atoms with Crippen molar-refractivity contribution in [2.45, 2.75) is 0 Å². The van der Waals surface area contributed by atoms with E-state index in [0.717, 1.165) is 38.3 Å². The van der Waals surface area contributed by atoms with Crippen molar-refractivity contribution in [3.63, 3.8) is 0 Å². The summed E-state index contributed by atoms with van der Waals surface area (Å²) in [5.41, 5.74) is 6.39. The van der Waals surface area contributed by atoms with E-state index >= 15 is 0 Å². The molecular formula is C32H20N2. The van der Waals surface area contributed by atoms with Crippen molar-refractivity contribution in [2.75, 3.05) is 0 Å². The fourth-order valence-electron chi connectivity index (χ4n) is 4.39. The molecular weight excluding hydrogens is 412 g/mol. The van der Waals surface area contributed by atoms with Crippen molar-refractivity contribution < 1.29 is 0 Å². The van der Waals surface area contributed by atoms with Crippen molar-refractivity contribution in [3.05, 3.63) is 177 Å². The zero-order valence-corrected chi connectivity index (χ0v) is 18.4. The van der Waals surface area contributed by atoms with Crippen LogP contribution in [0, 0.1) is 13.1 Å².